The van der Waals surface area contributed by atoms with E-state index in [0.717, 1.165) is 19.6 Å². The summed E-state index contributed by atoms with van der Waals surface area (Å²) in [5.74, 6) is 0.661. The van der Waals surface area contributed by atoms with Gasteiger partial charge in [-0.3, -0.25) is 9.89 Å². The van der Waals surface area contributed by atoms with E-state index in [1.807, 2.05) is 6.07 Å². The van der Waals surface area contributed by atoms with Crippen LogP contribution in [0.2, 0.25) is 0 Å². The first-order valence-electron chi connectivity index (χ1n) is 10.4. The molecule has 1 heterocycles. The maximum Gasteiger partial charge on any atom is 0.240 e. The zero-order valence-corrected chi connectivity index (χ0v) is 18.2. The molecule has 1 atom stereocenters. The van der Waals surface area contributed by atoms with Crippen LogP contribution >= 0.6 is 0 Å². The van der Waals surface area contributed by atoms with E-state index in [1.54, 1.807) is 37.4 Å². The topological polar surface area (TPSA) is 85.8 Å². The first-order valence-corrected chi connectivity index (χ1v) is 11.9. The van der Waals surface area contributed by atoms with Gasteiger partial charge in [0.05, 0.1) is 10.9 Å². The van der Waals surface area contributed by atoms with Crippen molar-refractivity contribution in [2.75, 3.05) is 39.8 Å². The van der Waals surface area contributed by atoms with Gasteiger partial charge < -0.3 is 10.6 Å². The predicted octanol–water partition coefficient (Wildman–Crippen LogP) is 1.97. The molecule has 30 heavy (non-hydrogen) atoms. The van der Waals surface area contributed by atoms with Crippen molar-refractivity contribution in [2.24, 2.45) is 4.99 Å². The van der Waals surface area contributed by atoms with Crippen LogP contribution in [-0.4, -0.2) is 59.0 Å². The van der Waals surface area contributed by atoms with Crippen LogP contribution in [0.15, 0.2) is 70.6 Å². The van der Waals surface area contributed by atoms with Gasteiger partial charge in [0, 0.05) is 26.7 Å². The highest BCUT2D eigenvalue weighted by atomic mass is 32.2. The Bertz CT molecular complexity index is 898. The van der Waals surface area contributed by atoms with Crippen LogP contribution in [0.25, 0.3) is 0 Å². The van der Waals surface area contributed by atoms with E-state index in [0.29, 0.717) is 12.5 Å². The number of nitrogens with zero attached hydrogens (tertiary/aromatic N) is 2. The molecule has 1 aliphatic rings. The molecule has 0 radical (unpaired) electrons. The Morgan fingerprint density at radius 1 is 0.967 bits per heavy atom. The summed E-state index contributed by atoms with van der Waals surface area (Å²) >= 11 is 0. The summed E-state index contributed by atoms with van der Waals surface area (Å²) in [5, 5.41) is 6.58. The van der Waals surface area contributed by atoms with Crippen LogP contribution < -0.4 is 15.4 Å². The number of sulfonamides is 1. The van der Waals surface area contributed by atoms with E-state index in [-0.39, 0.29) is 17.5 Å². The lowest BCUT2D eigenvalue weighted by molar-refractivity contribution is 0.245. The molecular weight excluding hydrogens is 398 g/mol. The van der Waals surface area contributed by atoms with Crippen molar-refractivity contribution in [1.29, 1.82) is 0 Å². The molecule has 0 amide bonds. The van der Waals surface area contributed by atoms with E-state index in [4.69, 9.17) is 0 Å². The van der Waals surface area contributed by atoms with Crippen LogP contribution in [0, 0.1) is 0 Å². The second-order valence-corrected chi connectivity index (χ2v) is 9.03. The summed E-state index contributed by atoms with van der Waals surface area (Å²) in [4.78, 5) is 7.04. The van der Waals surface area contributed by atoms with Crippen LogP contribution in [0.1, 0.15) is 24.4 Å². The van der Waals surface area contributed by atoms with Gasteiger partial charge in [-0.2, -0.15) is 0 Å². The molecule has 7 nitrogen and oxygen atoms in total. The van der Waals surface area contributed by atoms with Crippen molar-refractivity contribution >= 4 is 16.0 Å². The second kappa shape index (κ2) is 11.1. The standard InChI is InChI=1S/C22H31N5O2S/c1-23-22(24-14-15-26-30(28,29)20-12-6-3-7-13-20)25-18-21(27-16-8-9-17-27)19-10-4-2-5-11-19/h2-7,10-13,21,26H,8-9,14-18H2,1H3,(H2,23,24,25). The van der Waals surface area contributed by atoms with Crippen molar-refractivity contribution in [1.82, 2.24) is 20.3 Å². The zero-order valence-electron chi connectivity index (χ0n) is 17.4. The molecule has 3 N–H and O–H groups in total. The van der Waals surface area contributed by atoms with Crippen molar-refractivity contribution < 1.29 is 8.42 Å². The average Bonchev–Trinajstić information content (AvgIpc) is 3.31. The Morgan fingerprint density at radius 2 is 1.60 bits per heavy atom. The van der Waals surface area contributed by atoms with Gasteiger partial charge in [0.25, 0.3) is 0 Å². The molecule has 3 rings (SSSR count). The zero-order chi connectivity index (χ0) is 21.2. The van der Waals surface area contributed by atoms with Crippen LogP contribution in [0.3, 0.4) is 0 Å². The maximum absolute atomic E-state index is 12.3. The van der Waals surface area contributed by atoms with Gasteiger partial charge in [0.15, 0.2) is 5.96 Å². The first kappa shape index (κ1) is 22.3. The Balaban J connectivity index is 1.49. The van der Waals surface area contributed by atoms with Crippen LogP contribution in [-0.2, 0) is 10.0 Å². The molecule has 162 valence electrons. The van der Waals surface area contributed by atoms with Crippen LogP contribution in [0.4, 0.5) is 0 Å². The third kappa shape index (κ3) is 6.29. The second-order valence-electron chi connectivity index (χ2n) is 7.26. The van der Waals surface area contributed by atoms with Crippen molar-refractivity contribution in [2.45, 2.75) is 23.8 Å². The number of hydrogen-bond acceptors (Lipinski definition) is 4. The highest BCUT2D eigenvalue weighted by Crippen LogP contribution is 2.24. The lowest BCUT2D eigenvalue weighted by Gasteiger charge is -2.29. The van der Waals surface area contributed by atoms with E-state index in [9.17, 15) is 8.42 Å². The summed E-state index contributed by atoms with van der Waals surface area (Å²) in [6.07, 6.45) is 2.47. The minimum atomic E-state index is -3.49. The quantitative estimate of drug-likeness (QED) is 0.322. The largest absolute Gasteiger partial charge is 0.355 e. The Hall–Kier alpha value is -2.42. The molecule has 1 fully saturated rings. The molecule has 1 saturated heterocycles. The van der Waals surface area contributed by atoms with Gasteiger partial charge in [-0.05, 0) is 43.6 Å². The molecule has 2 aromatic carbocycles. The third-order valence-electron chi connectivity index (χ3n) is 5.22. The molecule has 0 bridgehead atoms. The van der Waals surface area contributed by atoms with E-state index >= 15 is 0 Å². The molecule has 1 unspecified atom stereocenters. The maximum atomic E-state index is 12.3. The normalized spacial score (nSPS) is 16.4. The SMILES string of the molecule is CN=C(NCCNS(=O)(=O)c1ccccc1)NCC(c1ccccc1)N1CCCC1. The summed E-state index contributed by atoms with van der Waals surface area (Å²) in [6, 6.07) is 19.2. The van der Waals surface area contributed by atoms with E-state index < -0.39 is 10.0 Å². The fourth-order valence-corrected chi connectivity index (χ4v) is 4.70. The van der Waals surface area contributed by atoms with Gasteiger partial charge >= 0.3 is 0 Å². The van der Waals surface area contributed by atoms with Gasteiger partial charge in [-0.1, -0.05) is 48.5 Å². The Kier molecular flexibility index (Phi) is 8.24. The van der Waals surface area contributed by atoms with Crippen molar-refractivity contribution in [3.8, 4) is 0 Å². The van der Waals surface area contributed by atoms with Gasteiger partial charge in [0.1, 0.15) is 0 Å². The summed E-state index contributed by atoms with van der Waals surface area (Å²) in [5.41, 5.74) is 1.29. The van der Waals surface area contributed by atoms with Crippen LogP contribution in [0.5, 0.6) is 0 Å². The fraction of sp³-hybridized carbons (Fsp3) is 0.409. The molecule has 0 aromatic heterocycles. The predicted molar refractivity (Wildman–Crippen MR) is 121 cm³/mol. The molecular formula is C22H31N5O2S. The minimum Gasteiger partial charge on any atom is -0.355 e. The van der Waals surface area contributed by atoms with Gasteiger partial charge in [-0.15, -0.1) is 0 Å². The number of hydrogen-bond donors (Lipinski definition) is 3. The molecule has 8 heteroatoms. The number of likely N-dealkylation sites (tertiary alicyclic amines) is 1. The lowest BCUT2D eigenvalue weighted by Crippen LogP contribution is -2.44. The highest BCUT2D eigenvalue weighted by Gasteiger charge is 2.23. The highest BCUT2D eigenvalue weighted by molar-refractivity contribution is 7.89. The average molecular weight is 430 g/mol. The van der Waals surface area contributed by atoms with Crippen molar-refractivity contribution in [3.05, 3.63) is 66.2 Å². The van der Waals surface area contributed by atoms with Gasteiger partial charge in [0.2, 0.25) is 10.0 Å². The molecule has 0 spiro atoms. The van der Waals surface area contributed by atoms with Crippen molar-refractivity contribution in [3.63, 3.8) is 0 Å². The fourth-order valence-electron chi connectivity index (χ4n) is 3.65. The van der Waals surface area contributed by atoms with E-state index in [2.05, 4.69) is 49.5 Å². The number of aliphatic imine (C=N–C) groups is 1. The Morgan fingerprint density at radius 3 is 2.23 bits per heavy atom. The molecule has 0 aliphatic carbocycles. The number of rotatable bonds is 9. The summed E-state index contributed by atoms with van der Waals surface area (Å²) in [7, 11) is -1.78. The molecule has 0 saturated carbocycles. The van der Waals surface area contributed by atoms with E-state index in [1.165, 1.54) is 18.4 Å². The third-order valence-corrected chi connectivity index (χ3v) is 6.69. The smallest absolute Gasteiger partial charge is 0.240 e. The van der Waals surface area contributed by atoms with Gasteiger partial charge in [-0.25, -0.2) is 13.1 Å². The number of benzene rings is 2. The lowest BCUT2D eigenvalue weighted by atomic mass is 10.1. The number of guanidine groups is 1. The Labute approximate surface area is 179 Å². The number of nitrogens with one attached hydrogen (secondary N) is 3. The molecule has 2 aromatic rings. The summed E-state index contributed by atoms with van der Waals surface area (Å²) in [6.45, 7) is 3.65. The summed E-state index contributed by atoms with van der Waals surface area (Å²) < 4.78 is 27.2. The molecule has 1 aliphatic heterocycles. The monoisotopic (exact) mass is 429 g/mol. The first-order chi connectivity index (χ1) is 14.6. The minimum absolute atomic E-state index is 0.267.